The third-order valence-electron chi connectivity index (χ3n) is 3.72. The molecule has 0 atom stereocenters. The quantitative estimate of drug-likeness (QED) is 0.889. The third-order valence-corrected chi connectivity index (χ3v) is 3.95. The zero-order chi connectivity index (χ0) is 12.0. The first-order valence-electron chi connectivity index (χ1n) is 6.09. The van der Waals surface area contributed by atoms with Crippen LogP contribution in [0.4, 0.5) is 0 Å². The van der Waals surface area contributed by atoms with Crippen LogP contribution in [0.1, 0.15) is 32.0 Å². The van der Waals surface area contributed by atoms with Crippen molar-refractivity contribution >= 4 is 22.6 Å². The SMILES string of the molecule is CCn1c(C2(N)CCC2)nc2ccc(Cl)cc21. The van der Waals surface area contributed by atoms with Crippen molar-refractivity contribution < 1.29 is 0 Å². The van der Waals surface area contributed by atoms with E-state index < -0.39 is 0 Å². The van der Waals surface area contributed by atoms with Gasteiger partial charge >= 0.3 is 0 Å². The van der Waals surface area contributed by atoms with E-state index >= 15 is 0 Å². The lowest BCUT2D eigenvalue weighted by Gasteiger charge is -2.37. The number of aryl methyl sites for hydroxylation is 1. The normalized spacial score (nSPS) is 18.3. The average molecular weight is 250 g/mol. The average Bonchev–Trinajstić information content (AvgIpc) is 2.63. The summed E-state index contributed by atoms with van der Waals surface area (Å²) in [4.78, 5) is 4.70. The molecule has 1 aromatic heterocycles. The number of imidazole rings is 1. The lowest BCUT2D eigenvalue weighted by Crippen LogP contribution is -2.45. The molecule has 90 valence electrons. The fourth-order valence-corrected chi connectivity index (χ4v) is 2.74. The molecule has 1 saturated carbocycles. The predicted octanol–water partition coefficient (Wildman–Crippen LogP) is 3.05. The van der Waals surface area contributed by atoms with E-state index in [-0.39, 0.29) is 5.54 Å². The van der Waals surface area contributed by atoms with E-state index in [1.807, 2.05) is 18.2 Å². The maximum Gasteiger partial charge on any atom is 0.130 e. The zero-order valence-corrected chi connectivity index (χ0v) is 10.7. The van der Waals surface area contributed by atoms with Crippen LogP contribution < -0.4 is 5.73 Å². The Bertz CT molecular complexity index is 569. The molecule has 0 unspecified atom stereocenters. The lowest BCUT2D eigenvalue weighted by atomic mass is 9.77. The van der Waals surface area contributed by atoms with Gasteiger partial charge in [0.15, 0.2) is 0 Å². The number of halogens is 1. The molecule has 0 aliphatic heterocycles. The lowest BCUT2D eigenvalue weighted by molar-refractivity contribution is 0.232. The van der Waals surface area contributed by atoms with Crippen LogP contribution >= 0.6 is 11.6 Å². The minimum atomic E-state index is -0.221. The first-order chi connectivity index (χ1) is 8.14. The van der Waals surface area contributed by atoms with Crippen LogP contribution in [-0.2, 0) is 12.1 Å². The van der Waals surface area contributed by atoms with Gasteiger partial charge in [0.1, 0.15) is 5.82 Å². The summed E-state index contributed by atoms with van der Waals surface area (Å²) in [5, 5.41) is 0.748. The summed E-state index contributed by atoms with van der Waals surface area (Å²) in [5.74, 6) is 1.02. The first-order valence-corrected chi connectivity index (χ1v) is 6.47. The Labute approximate surface area is 106 Å². The van der Waals surface area contributed by atoms with E-state index in [0.29, 0.717) is 0 Å². The number of benzene rings is 1. The highest BCUT2D eigenvalue weighted by Crippen LogP contribution is 2.39. The molecule has 0 bridgehead atoms. The number of hydrogen-bond acceptors (Lipinski definition) is 2. The van der Waals surface area contributed by atoms with Crippen LogP contribution in [0, 0.1) is 0 Å². The van der Waals surface area contributed by atoms with Crippen molar-refractivity contribution in [3.63, 3.8) is 0 Å². The van der Waals surface area contributed by atoms with Crippen LogP contribution in [0.3, 0.4) is 0 Å². The highest BCUT2D eigenvalue weighted by molar-refractivity contribution is 6.31. The second-order valence-corrected chi connectivity index (χ2v) is 5.26. The van der Waals surface area contributed by atoms with E-state index in [9.17, 15) is 0 Å². The van der Waals surface area contributed by atoms with Crippen LogP contribution in [0.25, 0.3) is 11.0 Å². The Morgan fingerprint density at radius 1 is 1.47 bits per heavy atom. The van der Waals surface area contributed by atoms with Gasteiger partial charge in [0.2, 0.25) is 0 Å². The minimum absolute atomic E-state index is 0.221. The Kier molecular flexibility index (Phi) is 2.42. The van der Waals surface area contributed by atoms with Crippen molar-refractivity contribution in [2.45, 2.75) is 38.3 Å². The topological polar surface area (TPSA) is 43.8 Å². The van der Waals surface area contributed by atoms with E-state index in [4.69, 9.17) is 22.3 Å². The molecule has 0 spiro atoms. The maximum atomic E-state index is 6.39. The van der Waals surface area contributed by atoms with Crippen molar-refractivity contribution in [2.75, 3.05) is 0 Å². The summed E-state index contributed by atoms with van der Waals surface area (Å²) in [6.07, 6.45) is 3.26. The molecular formula is C13H16ClN3. The second-order valence-electron chi connectivity index (χ2n) is 4.82. The molecule has 3 nitrogen and oxygen atoms in total. The molecule has 1 aliphatic carbocycles. The number of nitrogens with two attached hydrogens (primary N) is 1. The van der Waals surface area contributed by atoms with E-state index in [1.54, 1.807) is 0 Å². The first kappa shape index (κ1) is 11.1. The van der Waals surface area contributed by atoms with Crippen molar-refractivity contribution in [3.8, 4) is 0 Å². The van der Waals surface area contributed by atoms with Crippen molar-refractivity contribution in [1.29, 1.82) is 0 Å². The maximum absolute atomic E-state index is 6.39. The monoisotopic (exact) mass is 249 g/mol. The van der Waals surface area contributed by atoms with Gasteiger partial charge in [-0.1, -0.05) is 11.6 Å². The molecule has 1 heterocycles. The second kappa shape index (κ2) is 3.72. The fraction of sp³-hybridized carbons (Fsp3) is 0.462. The molecule has 1 aliphatic rings. The Balaban J connectivity index is 2.24. The Morgan fingerprint density at radius 2 is 2.24 bits per heavy atom. The van der Waals surface area contributed by atoms with Gasteiger partial charge in [-0.2, -0.15) is 0 Å². The van der Waals surface area contributed by atoms with Gasteiger partial charge in [-0.25, -0.2) is 4.98 Å². The van der Waals surface area contributed by atoms with Crippen molar-refractivity contribution in [3.05, 3.63) is 29.0 Å². The number of nitrogens with zero attached hydrogens (tertiary/aromatic N) is 2. The summed E-state index contributed by atoms with van der Waals surface area (Å²) in [5.41, 5.74) is 8.24. The van der Waals surface area contributed by atoms with Gasteiger partial charge in [-0.05, 0) is 44.4 Å². The Hall–Kier alpha value is -1.06. The Morgan fingerprint density at radius 3 is 2.82 bits per heavy atom. The molecule has 0 amide bonds. The van der Waals surface area contributed by atoms with Crippen LogP contribution in [0.5, 0.6) is 0 Å². The molecule has 17 heavy (non-hydrogen) atoms. The van der Waals surface area contributed by atoms with Gasteiger partial charge in [0.05, 0.1) is 16.6 Å². The highest BCUT2D eigenvalue weighted by Gasteiger charge is 2.38. The number of rotatable bonds is 2. The largest absolute Gasteiger partial charge is 0.327 e. The molecule has 0 radical (unpaired) electrons. The standard InChI is InChI=1S/C13H16ClN3/c1-2-17-11-8-9(14)4-5-10(11)16-12(17)13(15)6-3-7-13/h4-5,8H,2-3,6-7,15H2,1H3. The molecule has 4 heteroatoms. The number of fused-ring (bicyclic) bond motifs is 1. The van der Waals surface area contributed by atoms with Crippen LogP contribution in [0.2, 0.25) is 5.02 Å². The van der Waals surface area contributed by atoms with Gasteiger partial charge < -0.3 is 10.3 Å². The predicted molar refractivity (Wildman–Crippen MR) is 70.1 cm³/mol. The smallest absolute Gasteiger partial charge is 0.130 e. The summed E-state index contributed by atoms with van der Waals surface area (Å²) in [6.45, 7) is 3.00. The summed E-state index contributed by atoms with van der Waals surface area (Å²) in [6, 6.07) is 5.82. The summed E-state index contributed by atoms with van der Waals surface area (Å²) in [7, 11) is 0. The van der Waals surface area contributed by atoms with Gasteiger partial charge in [0, 0.05) is 11.6 Å². The molecule has 3 rings (SSSR count). The van der Waals surface area contributed by atoms with E-state index in [2.05, 4.69) is 11.5 Å². The van der Waals surface area contributed by atoms with Crippen molar-refractivity contribution in [2.24, 2.45) is 5.73 Å². The van der Waals surface area contributed by atoms with E-state index in [0.717, 1.165) is 41.3 Å². The molecular weight excluding hydrogens is 234 g/mol. The van der Waals surface area contributed by atoms with Crippen LogP contribution in [0.15, 0.2) is 18.2 Å². The summed E-state index contributed by atoms with van der Waals surface area (Å²) < 4.78 is 2.19. The van der Waals surface area contributed by atoms with Gasteiger partial charge in [-0.3, -0.25) is 0 Å². The van der Waals surface area contributed by atoms with Crippen LogP contribution in [-0.4, -0.2) is 9.55 Å². The molecule has 2 N–H and O–H groups in total. The number of hydrogen-bond donors (Lipinski definition) is 1. The highest BCUT2D eigenvalue weighted by atomic mass is 35.5. The zero-order valence-electron chi connectivity index (χ0n) is 9.91. The van der Waals surface area contributed by atoms with Gasteiger partial charge in [-0.15, -0.1) is 0 Å². The molecule has 1 aromatic carbocycles. The number of aromatic nitrogens is 2. The summed E-state index contributed by atoms with van der Waals surface area (Å²) >= 11 is 6.05. The van der Waals surface area contributed by atoms with Gasteiger partial charge in [0.25, 0.3) is 0 Å². The minimum Gasteiger partial charge on any atom is -0.327 e. The molecule has 0 saturated heterocycles. The van der Waals surface area contributed by atoms with Crippen molar-refractivity contribution in [1.82, 2.24) is 9.55 Å². The fourth-order valence-electron chi connectivity index (χ4n) is 2.58. The van der Waals surface area contributed by atoms with E-state index in [1.165, 1.54) is 6.42 Å². The third kappa shape index (κ3) is 1.57. The molecule has 1 fully saturated rings. The molecule has 2 aromatic rings.